The second-order valence-electron chi connectivity index (χ2n) is 7.92. The van der Waals surface area contributed by atoms with Crippen LogP contribution in [0.1, 0.15) is 22.9 Å². The molecule has 0 unspecified atom stereocenters. The molecule has 0 saturated heterocycles. The highest BCUT2D eigenvalue weighted by Crippen LogP contribution is 2.48. The quantitative estimate of drug-likeness (QED) is 0.383. The number of fused-ring (bicyclic) bond motifs is 4. The van der Waals surface area contributed by atoms with Gasteiger partial charge in [-0.3, -0.25) is 4.79 Å². The fourth-order valence-corrected chi connectivity index (χ4v) is 5.02. The summed E-state index contributed by atoms with van der Waals surface area (Å²) in [6, 6.07) is 22.4. The van der Waals surface area contributed by atoms with E-state index < -0.39 is 6.04 Å². The number of aromatic nitrogens is 2. The van der Waals surface area contributed by atoms with E-state index in [2.05, 4.69) is 5.32 Å². The summed E-state index contributed by atoms with van der Waals surface area (Å²) in [5.41, 5.74) is 4.91. The van der Waals surface area contributed by atoms with Crippen molar-refractivity contribution in [1.82, 2.24) is 9.78 Å². The first-order valence-corrected chi connectivity index (χ1v) is 11.2. The van der Waals surface area contributed by atoms with Crippen LogP contribution in [0.4, 0.5) is 17.2 Å². The number of hydrogen-bond acceptors (Lipinski definition) is 4. The van der Waals surface area contributed by atoms with E-state index in [9.17, 15) is 4.79 Å². The Morgan fingerprint density at radius 2 is 1.73 bits per heavy atom. The summed E-state index contributed by atoms with van der Waals surface area (Å²) in [5, 5.41) is 8.82. The van der Waals surface area contributed by atoms with Gasteiger partial charge >= 0.3 is 0 Å². The second-order valence-corrected chi connectivity index (χ2v) is 8.76. The molecule has 8 heteroatoms. The average Bonchev–Trinajstić information content (AvgIpc) is 3.15. The summed E-state index contributed by atoms with van der Waals surface area (Å²) in [6.07, 6.45) is 0. The molecule has 0 radical (unpaired) electrons. The van der Waals surface area contributed by atoms with Gasteiger partial charge in [0.2, 0.25) is 5.84 Å². The Bertz CT molecular complexity index is 1460. The molecule has 6 nitrogen and oxygen atoms in total. The van der Waals surface area contributed by atoms with Crippen LogP contribution in [0.2, 0.25) is 10.0 Å². The Hall–Kier alpha value is -3.61. The fourth-order valence-electron chi connectivity index (χ4n) is 4.51. The van der Waals surface area contributed by atoms with E-state index in [-0.39, 0.29) is 11.7 Å². The molecule has 2 aliphatic rings. The van der Waals surface area contributed by atoms with Crippen molar-refractivity contribution in [2.45, 2.75) is 13.0 Å². The third-order valence-electron chi connectivity index (χ3n) is 5.93. The van der Waals surface area contributed by atoms with Gasteiger partial charge in [-0.1, -0.05) is 59.6 Å². The molecule has 2 aliphatic heterocycles. The zero-order chi connectivity index (χ0) is 22.7. The smallest absolute Gasteiger partial charge is 0.291 e. The largest absolute Gasteiger partial charge is 0.317 e. The van der Waals surface area contributed by atoms with E-state index in [4.69, 9.17) is 33.3 Å². The van der Waals surface area contributed by atoms with Crippen LogP contribution in [0.5, 0.6) is 0 Å². The molecule has 3 aromatic carbocycles. The number of amides is 1. The molecule has 1 amide bonds. The zero-order valence-electron chi connectivity index (χ0n) is 17.5. The van der Waals surface area contributed by atoms with Gasteiger partial charge in [-0.2, -0.15) is 5.10 Å². The number of para-hydroxylation sites is 3. The van der Waals surface area contributed by atoms with E-state index >= 15 is 0 Å². The number of carbonyl (C=O) groups is 1. The molecule has 1 atom stereocenters. The summed E-state index contributed by atoms with van der Waals surface area (Å²) >= 11 is 12.9. The SMILES string of the molecule is Cc1nn(-c2ccccc2)c2c1[C@@H](c1ccc(Cl)cc1Cl)N1C(=N2)C(=O)Nc2ccccc21. The number of carbonyl (C=O) groups excluding carboxylic acids is 1. The first-order chi connectivity index (χ1) is 16.0. The van der Waals surface area contributed by atoms with Crippen molar-refractivity contribution in [3.8, 4) is 5.69 Å². The monoisotopic (exact) mass is 473 g/mol. The molecule has 0 spiro atoms. The minimum atomic E-state index is -0.415. The number of anilines is 2. The van der Waals surface area contributed by atoms with Crippen molar-refractivity contribution in [2.24, 2.45) is 4.99 Å². The first kappa shape index (κ1) is 20.0. The highest BCUT2D eigenvalue weighted by atomic mass is 35.5. The third kappa shape index (κ3) is 3.06. The summed E-state index contributed by atoms with van der Waals surface area (Å²) in [5.74, 6) is 0.609. The minimum Gasteiger partial charge on any atom is -0.317 e. The Kier molecular flexibility index (Phi) is 4.54. The number of aliphatic imine (C=N–C) groups is 1. The average molecular weight is 474 g/mol. The molecular formula is C25H17Cl2N5O. The molecule has 0 saturated carbocycles. The second kappa shape index (κ2) is 7.47. The number of nitrogens with zero attached hydrogens (tertiary/aromatic N) is 4. The molecule has 162 valence electrons. The lowest BCUT2D eigenvalue weighted by atomic mass is 9.93. The van der Waals surface area contributed by atoms with Crippen molar-refractivity contribution >= 4 is 52.1 Å². The zero-order valence-corrected chi connectivity index (χ0v) is 19.0. The van der Waals surface area contributed by atoms with Gasteiger partial charge in [0, 0.05) is 15.6 Å². The molecule has 0 aliphatic carbocycles. The fraction of sp³-hybridized carbons (Fsp3) is 0.0800. The predicted molar refractivity (Wildman–Crippen MR) is 131 cm³/mol. The van der Waals surface area contributed by atoms with Gasteiger partial charge in [0.15, 0.2) is 5.82 Å². The lowest BCUT2D eigenvalue weighted by molar-refractivity contribution is -0.110. The number of halogens is 2. The van der Waals surface area contributed by atoms with Crippen LogP contribution in [0.15, 0.2) is 77.8 Å². The minimum absolute atomic E-state index is 0.284. The van der Waals surface area contributed by atoms with Gasteiger partial charge in [0.05, 0.1) is 28.8 Å². The maximum absolute atomic E-state index is 13.2. The molecule has 33 heavy (non-hydrogen) atoms. The molecule has 6 rings (SSSR count). The molecule has 3 heterocycles. The topological polar surface area (TPSA) is 62.5 Å². The molecule has 0 bridgehead atoms. The normalized spacial score (nSPS) is 16.5. The van der Waals surface area contributed by atoms with Gasteiger partial charge in [-0.05, 0) is 48.9 Å². The van der Waals surface area contributed by atoms with Crippen LogP contribution in [-0.2, 0) is 4.79 Å². The molecule has 0 fully saturated rings. The Morgan fingerprint density at radius 3 is 2.52 bits per heavy atom. The number of rotatable bonds is 2. The van der Waals surface area contributed by atoms with Crippen molar-refractivity contribution in [1.29, 1.82) is 0 Å². The highest BCUT2D eigenvalue weighted by molar-refractivity contribution is 6.50. The van der Waals surface area contributed by atoms with E-state index in [1.807, 2.05) is 72.5 Å². The Labute approximate surface area is 200 Å². The molecule has 1 N–H and O–H groups in total. The number of amidine groups is 1. The van der Waals surface area contributed by atoms with Crippen molar-refractivity contribution < 1.29 is 4.79 Å². The predicted octanol–water partition coefficient (Wildman–Crippen LogP) is 6.08. The highest BCUT2D eigenvalue weighted by Gasteiger charge is 2.43. The summed E-state index contributed by atoms with van der Waals surface area (Å²) in [4.78, 5) is 20.0. The van der Waals surface area contributed by atoms with Gasteiger partial charge in [0.25, 0.3) is 5.91 Å². The van der Waals surface area contributed by atoms with Crippen molar-refractivity contribution in [2.75, 3.05) is 10.2 Å². The number of benzene rings is 3. The van der Waals surface area contributed by atoms with E-state index in [1.54, 1.807) is 16.8 Å². The molecule has 1 aromatic heterocycles. The number of aryl methyl sites for hydroxylation is 1. The van der Waals surface area contributed by atoms with E-state index in [0.717, 1.165) is 28.2 Å². The van der Waals surface area contributed by atoms with Gasteiger partial charge in [-0.25, -0.2) is 9.67 Å². The molecular weight excluding hydrogens is 457 g/mol. The van der Waals surface area contributed by atoms with Crippen LogP contribution in [-0.4, -0.2) is 21.5 Å². The van der Waals surface area contributed by atoms with Crippen molar-refractivity contribution in [3.05, 3.63) is 99.7 Å². The maximum Gasteiger partial charge on any atom is 0.291 e. The Balaban J connectivity index is 1.68. The van der Waals surface area contributed by atoms with Crippen LogP contribution in [0.25, 0.3) is 5.69 Å². The Morgan fingerprint density at radius 1 is 0.970 bits per heavy atom. The maximum atomic E-state index is 13.2. The van der Waals surface area contributed by atoms with Crippen LogP contribution < -0.4 is 10.2 Å². The summed E-state index contributed by atoms with van der Waals surface area (Å²) in [7, 11) is 0. The summed E-state index contributed by atoms with van der Waals surface area (Å²) < 4.78 is 1.78. The van der Waals surface area contributed by atoms with E-state index in [0.29, 0.717) is 21.6 Å². The third-order valence-corrected chi connectivity index (χ3v) is 6.49. The van der Waals surface area contributed by atoms with Gasteiger partial charge < -0.3 is 10.2 Å². The van der Waals surface area contributed by atoms with Crippen LogP contribution in [0, 0.1) is 6.92 Å². The number of hydrogen-bond donors (Lipinski definition) is 1. The van der Waals surface area contributed by atoms with Crippen LogP contribution >= 0.6 is 23.2 Å². The van der Waals surface area contributed by atoms with E-state index in [1.165, 1.54) is 0 Å². The van der Waals surface area contributed by atoms with Crippen LogP contribution in [0.3, 0.4) is 0 Å². The standard InChI is InChI=1S/C25H17Cl2N5O/c1-14-21-22(17-12-11-15(26)13-18(17)27)31-20-10-6-5-9-19(20)28-25(33)24(31)29-23(21)32(30-14)16-7-3-2-4-8-16/h2-13,22H,1H3,(H,28,33)/t22-/m1/s1. The van der Waals surface area contributed by atoms with Gasteiger partial charge in [-0.15, -0.1) is 0 Å². The molecule has 4 aromatic rings. The summed E-state index contributed by atoms with van der Waals surface area (Å²) in [6.45, 7) is 1.95. The first-order valence-electron chi connectivity index (χ1n) is 10.4. The van der Waals surface area contributed by atoms with Crippen molar-refractivity contribution in [3.63, 3.8) is 0 Å². The number of nitrogens with one attached hydrogen (secondary N) is 1. The van der Waals surface area contributed by atoms with Gasteiger partial charge in [0.1, 0.15) is 0 Å². The lowest BCUT2D eigenvalue weighted by Crippen LogP contribution is -2.48. The lowest BCUT2D eigenvalue weighted by Gasteiger charge is -2.40.